The summed E-state index contributed by atoms with van der Waals surface area (Å²) in [6.45, 7) is 1.92. The normalized spacial score (nSPS) is 29.1. The molecule has 0 aromatic heterocycles. The number of sulfonamides is 1. The van der Waals surface area contributed by atoms with Crippen molar-refractivity contribution in [1.82, 2.24) is 4.72 Å². The van der Waals surface area contributed by atoms with Crippen molar-refractivity contribution in [3.8, 4) is 0 Å². The van der Waals surface area contributed by atoms with Crippen LogP contribution in [0.3, 0.4) is 0 Å². The minimum absolute atomic E-state index is 0.160. The van der Waals surface area contributed by atoms with E-state index in [1.165, 1.54) is 0 Å². The summed E-state index contributed by atoms with van der Waals surface area (Å²) in [6, 6.07) is 6.54. The van der Waals surface area contributed by atoms with E-state index in [0.717, 1.165) is 24.8 Å². The highest BCUT2D eigenvalue weighted by Crippen LogP contribution is 2.40. The first kappa shape index (κ1) is 16.0. The number of aryl methyl sites for hydroxylation is 1. The van der Waals surface area contributed by atoms with E-state index in [2.05, 4.69) is 4.72 Å². The van der Waals surface area contributed by atoms with Gasteiger partial charge in [0.15, 0.2) is 0 Å². The first-order chi connectivity index (χ1) is 10.5. The van der Waals surface area contributed by atoms with Crippen LogP contribution < -0.4 is 4.72 Å². The summed E-state index contributed by atoms with van der Waals surface area (Å²) >= 11 is 1.74. The van der Waals surface area contributed by atoms with Crippen LogP contribution in [-0.2, 0) is 14.8 Å². The Morgan fingerprint density at radius 2 is 1.91 bits per heavy atom. The first-order valence-corrected chi connectivity index (χ1v) is 10.2. The molecule has 1 aliphatic carbocycles. The van der Waals surface area contributed by atoms with Crippen LogP contribution in [0.25, 0.3) is 0 Å². The van der Waals surface area contributed by atoms with Gasteiger partial charge in [0.2, 0.25) is 10.0 Å². The number of rotatable bonds is 3. The smallest absolute Gasteiger partial charge is 0.240 e. The Morgan fingerprint density at radius 1 is 1.18 bits per heavy atom. The van der Waals surface area contributed by atoms with Gasteiger partial charge in [0, 0.05) is 29.4 Å². The predicted octanol–water partition coefficient (Wildman–Crippen LogP) is 2.52. The van der Waals surface area contributed by atoms with Crippen LogP contribution in [0.2, 0.25) is 0 Å². The van der Waals surface area contributed by atoms with Gasteiger partial charge in [-0.3, -0.25) is 4.79 Å². The number of carbonyl (C=O) groups is 1. The number of benzene rings is 1. The summed E-state index contributed by atoms with van der Waals surface area (Å²) in [4.78, 5) is 12.6. The molecule has 1 aromatic carbocycles. The van der Waals surface area contributed by atoms with E-state index < -0.39 is 10.0 Å². The van der Waals surface area contributed by atoms with Crippen molar-refractivity contribution in [3.63, 3.8) is 0 Å². The molecule has 3 unspecified atom stereocenters. The van der Waals surface area contributed by atoms with Crippen molar-refractivity contribution >= 4 is 27.6 Å². The lowest BCUT2D eigenvalue weighted by atomic mass is 9.92. The molecule has 6 heteroatoms. The topological polar surface area (TPSA) is 63.2 Å². The molecule has 0 radical (unpaired) electrons. The van der Waals surface area contributed by atoms with Gasteiger partial charge in [-0.05, 0) is 31.9 Å². The Labute approximate surface area is 136 Å². The second-order valence-electron chi connectivity index (χ2n) is 6.15. The van der Waals surface area contributed by atoms with Gasteiger partial charge in [-0.1, -0.05) is 24.1 Å². The second kappa shape index (κ2) is 6.34. The maximum absolute atomic E-state index is 12.5. The van der Waals surface area contributed by atoms with Crippen LogP contribution in [0.15, 0.2) is 29.2 Å². The molecule has 2 fully saturated rings. The van der Waals surface area contributed by atoms with E-state index >= 15 is 0 Å². The average Bonchev–Trinajstić information content (AvgIpc) is 2.76. The van der Waals surface area contributed by atoms with Crippen LogP contribution >= 0.6 is 11.8 Å². The van der Waals surface area contributed by atoms with Gasteiger partial charge < -0.3 is 0 Å². The Bertz CT molecular complexity index is 654. The maximum atomic E-state index is 12.5. The van der Waals surface area contributed by atoms with E-state index in [4.69, 9.17) is 0 Å². The van der Waals surface area contributed by atoms with Crippen LogP contribution in [0.5, 0.6) is 0 Å². The molecule has 2 aliphatic rings. The number of carbonyl (C=O) groups excluding carboxylic acids is 1. The number of thioether (sulfide) groups is 1. The molecule has 1 N–H and O–H groups in total. The zero-order valence-corrected chi connectivity index (χ0v) is 14.3. The zero-order chi connectivity index (χ0) is 15.7. The summed E-state index contributed by atoms with van der Waals surface area (Å²) < 4.78 is 27.8. The highest BCUT2D eigenvalue weighted by Gasteiger charge is 2.43. The average molecular weight is 339 g/mol. The van der Waals surface area contributed by atoms with Crippen LogP contribution in [-0.4, -0.2) is 31.2 Å². The van der Waals surface area contributed by atoms with Gasteiger partial charge in [-0.25, -0.2) is 13.1 Å². The van der Waals surface area contributed by atoms with Crippen molar-refractivity contribution in [2.45, 2.75) is 48.8 Å². The third-order valence-corrected chi connectivity index (χ3v) is 7.51. The molecule has 22 heavy (non-hydrogen) atoms. The summed E-state index contributed by atoms with van der Waals surface area (Å²) in [5.41, 5.74) is 1.02. The van der Waals surface area contributed by atoms with Crippen LogP contribution in [0.4, 0.5) is 0 Å². The minimum Gasteiger partial charge on any atom is -0.299 e. The third kappa shape index (κ3) is 3.24. The summed E-state index contributed by atoms with van der Waals surface area (Å²) in [6.07, 6.45) is 3.61. The van der Waals surface area contributed by atoms with Crippen molar-refractivity contribution in [1.29, 1.82) is 0 Å². The fourth-order valence-corrected chi connectivity index (χ4v) is 6.28. The molecule has 1 aromatic rings. The molecule has 1 saturated heterocycles. The Kier molecular flexibility index (Phi) is 4.61. The third-order valence-electron chi connectivity index (χ3n) is 4.50. The molecule has 4 nitrogen and oxygen atoms in total. The molecule has 1 saturated carbocycles. The molecular formula is C16H21NO3S2. The quantitative estimate of drug-likeness (QED) is 0.919. The lowest BCUT2D eigenvalue weighted by Crippen LogP contribution is -2.43. The molecule has 3 rings (SSSR count). The molecule has 0 spiro atoms. The van der Waals surface area contributed by atoms with Gasteiger partial charge in [-0.15, -0.1) is 0 Å². The number of hydrogen-bond donors (Lipinski definition) is 1. The van der Waals surface area contributed by atoms with E-state index in [1.54, 1.807) is 36.0 Å². The molecular weight excluding hydrogens is 318 g/mol. The summed E-state index contributed by atoms with van der Waals surface area (Å²) in [5, 5.41) is 0.278. The maximum Gasteiger partial charge on any atom is 0.240 e. The fraction of sp³-hybridized carbons (Fsp3) is 0.562. The number of fused-ring (bicyclic) bond motifs is 1. The molecule has 0 amide bonds. The largest absolute Gasteiger partial charge is 0.299 e. The van der Waals surface area contributed by atoms with Gasteiger partial charge in [-0.2, -0.15) is 11.8 Å². The number of hydrogen-bond acceptors (Lipinski definition) is 4. The number of Topliss-reactive ketones (excluding diaryl/α,β-unsaturated/α-hetero) is 1. The zero-order valence-electron chi connectivity index (χ0n) is 12.6. The molecule has 120 valence electrons. The Hall–Kier alpha value is -0.850. The SMILES string of the molecule is Cc1ccc(S(=O)(=O)NC2CSC3CCCCC(=O)C23)cc1. The molecule has 0 bridgehead atoms. The van der Waals surface area contributed by atoms with Gasteiger partial charge in [0.1, 0.15) is 5.78 Å². The number of nitrogens with one attached hydrogen (secondary N) is 1. The van der Waals surface area contributed by atoms with Gasteiger partial charge >= 0.3 is 0 Å². The first-order valence-electron chi connectivity index (χ1n) is 7.71. The van der Waals surface area contributed by atoms with Crippen molar-refractivity contribution < 1.29 is 13.2 Å². The summed E-state index contributed by atoms with van der Waals surface area (Å²) in [5.74, 6) is 0.753. The Morgan fingerprint density at radius 3 is 2.64 bits per heavy atom. The highest BCUT2D eigenvalue weighted by atomic mass is 32.2. The standard InChI is InChI=1S/C16H21NO3S2/c1-11-6-8-12(9-7-11)22(19,20)17-13-10-21-15-5-3-2-4-14(18)16(13)15/h6-9,13,15-17H,2-5,10H2,1H3. The lowest BCUT2D eigenvalue weighted by molar-refractivity contribution is -0.122. The Balaban J connectivity index is 1.80. The predicted molar refractivity (Wildman–Crippen MR) is 88.5 cm³/mol. The van der Waals surface area contributed by atoms with Crippen LogP contribution in [0, 0.1) is 12.8 Å². The molecule has 1 aliphatic heterocycles. The van der Waals surface area contributed by atoms with Gasteiger partial charge in [0.05, 0.1) is 4.90 Å². The highest BCUT2D eigenvalue weighted by molar-refractivity contribution is 8.00. The molecule has 1 heterocycles. The monoisotopic (exact) mass is 339 g/mol. The van der Waals surface area contributed by atoms with E-state index in [0.29, 0.717) is 12.2 Å². The number of ketones is 1. The van der Waals surface area contributed by atoms with E-state index in [9.17, 15) is 13.2 Å². The lowest BCUT2D eigenvalue weighted by Gasteiger charge is -2.21. The van der Waals surface area contributed by atoms with Crippen molar-refractivity contribution in [2.24, 2.45) is 5.92 Å². The molecule has 3 atom stereocenters. The van der Waals surface area contributed by atoms with E-state index in [1.807, 2.05) is 6.92 Å². The second-order valence-corrected chi connectivity index (χ2v) is 9.14. The minimum atomic E-state index is -3.56. The van der Waals surface area contributed by atoms with Crippen molar-refractivity contribution in [3.05, 3.63) is 29.8 Å². The van der Waals surface area contributed by atoms with Crippen molar-refractivity contribution in [2.75, 3.05) is 5.75 Å². The van der Waals surface area contributed by atoms with Gasteiger partial charge in [0.25, 0.3) is 0 Å². The fourth-order valence-electron chi connectivity index (χ4n) is 3.29. The summed E-state index contributed by atoms with van der Waals surface area (Å²) in [7, 11) is -3.56. The van der Waals surface area contributed by atoms with Crippen LogP contribution in [0.1, 0.15) is 31.2 Å². The van der Waals surface area contributed by atoms with E-state index in [-0.39, 0.29) is 27.9 Å².